The Balaban J connectivity index is 1.79. The predicted molar refractivity (Wildman–Crippen MR) is 148 cm³/mol. The highest BCUT2D eigenvalue weighted by Gasteiger charge is 2.27. The first kappa shape index (κ1) is 28.5. The van der Waals surface area contributed by atoms with Crippen LogP contribution in [0.25, 0.3) is 22.0 Å². The van der Waals surface area contributed by atoms with Gasteiger partial charge in [0.05, 0.1) is 55.8 Å². The topological polar surface area (TPSA) is 105 Å². The van der Waals surface area contributed by atoms with Gasteiger partial charge in [-0.2, -0.15) is 5.10 Å². The number of carbonyl (C=O) groups is 2. The number of H-pyrrole nitrogens is 1. The number of nitrogens with one attached hydrogen (secondary N) is 1. The number of aryl methyl sites for hydroxylation is 2. The third kappa shape index (κ3) is 5.75. The molecule has 0 bridgehead atoms. The number of hydrogen-bond acceptors (Lipinski definition) is 7. The molecule has 4 aromatic rings. The molecule has 4 rings (SSSR count). The molecule has 0 atom stereocenters. The Labute approximate surface area is 235 Å². The minimum Gasteiger partial charge on any atom is -0.497 e. The van der Waals surface area contributed by atoms with Gasteiger partial charge in [0, 0.05) is 35.7 Å². The third-order valence-corrected chi connectivity index (χ3v) is 7.20. The lowest BCUT2D eigenvalue weighted by Crippen LogP contribution is -2.08. The molecule has 206 valence electrons. The van der Waals surface area contributed by atoms with Crippen LogP contribution in [-0.2, 0) is 45.7 Å². The number of carbonyl (C=O) groups excluding carboxylic acids is 2. The van der Waals surface area contributed by atoms with E-state index in [-0.39, 0.29) is 25.1 Å². The predicted octanol–water partition coefficient (Wildman–Crippen LogP) is 5.80. The molecule has 0 aliphatic heterocycles. The van der Waals surface area contributed by atoms with Gasteiger partial charge >= 0.3 is 11.9 Å². The summed E-state index contributed by atoms with van der Waals surface area (Å²) in [4.78, 5) is 27.8. The van der Waals surface area contributed by atoms with Crippen LogP contribution in [0.2, 0.25) is 10.0 Å². The number of ether oxygens (including phenoxy) is 4. The van der Waals surface area contributed by atoms with Crippen LogP contribution in [-0.4, -0.2) is 48.0 Å². The molecule has 0 unspecified atom stereocenters. The van der Waals surface area contributed by atoms with Crippen molar-refractivity contribution in [1.82, 2.24) is 14.8 Å². The van der Waals surface area contributed by atoms with Gasteiger partial charge in [0.1, 0.15) is 11.4 Å². The number of nitrogens with zero attached hydrogens (tertiary/aromatic N) is 2. The number of methoxy groups -OCH3 is 3. The van der Waals surface area contributed by atoms with Crippen molar-refractivity contribution in [1.29, 1.82) is 0 Å². The molecule has 0 aliphatic carbocycles. The minimum absolute atomic E-state index is 0.0537. The van der Waals surface area contributed by atoms with Crippen LogP contribution in [0.15, 0.2) is 30.3 Å². The van der Waals surface area contributed by atoms with E-state index < -0.39 is 11.9 Å². The van der Waals surface area contributed by atoms with Crippen LogP contribution in [0.3, 0.4) is 0 Å². The van der Waals surface area contributed by atoms with Gasteiger partial charge in [-0.1, -0.05) is 35.3 Å². The van der Waals surface area contributed by atoms with Crippen LogP contribution in [0.1, 0.15) is 39.4 Å². The molecule has 0 spiro atoms. The van der Waals surface area contributed by atoms with E-state index >= 15 is 0 Å². The molecular formula is C28H29Cl2N3O6. The molecule has 11 heteroatoms. The normalized spacial score (nSPS) is 11.2. The smallest absolute Gasteiger partial charge is 0.354 e. The highest BCUT2D eigenvalue weighted by molar-refractivity contribution is 6.41. The molecule has 0 fully saturated rings. The highest BCUT2D eigenvalue weighted by Crippen LogP contribution is 2.44. The first-order valence-corrected chi connectivity index (χ1v) is 12.9. The van der Waals surface area contributed by atoms with Crippen molar-refractivity contribution in [3.63, 3.8) is 0 Å². The summed E-state index contributed by atoms with van der Waals surface area (Å²) in [5, 5.41) is 5.97. The monoisotopic (exact) mass is 573 g/mol. The lowest BCUT2D eigenvalue weighted by Gasteiger charge is -2.11. The number of halogens is 2. The summed E-state index contributed by atoms with van der Waals surface area (Å²) in [5.74, 6) is -0.231. The number of aromatic amines is 1. The maximum atomic E-state index is 12.7. The van der Waals surface area contributed by atoms with Gasteiger partial charge in [-0.05, 0) is 42.7 Å². The summed E-state index contributed by atoms with van der Waals surface area (Å²) in [6.45, 7) is 2.51. The number of hydrogen-bond donors (Lipinski definition) is 1. The maximum Gasteiger partial charge on any atom is 0.354 e. The third-order valence-electron chi connectivity index (χ3n) is 6.60. The molecule has 1 N–H and O–H groups in total. The van der Waals surface area contributed by atoms with Crippen LogP contribution in [0, 0.1) is 6.92 Å². The lowest BCUT2D eigenvalue weighted by atomic mass is 9.98. The average molecular weight is 574 g/mol. The fraction of sp³-hybridized carbons (Fsp3) is 0.321. The fourth-order valence-electron chi connectivity index (χ4n) is 4.55. The standard InChI is InChI=1S/C28H29Cl2N3O6/c1-15-23(21(32-33(15)2)14-39-13-16-6-8-17(36-3)9-7-16)25-20(30)12-19(29)24-18(10-11-22(34)37-4)26(28(35)38-5)31-27(24)25/h6-9,12,31H,10-11,13-14H2,1-5H3. The zero-order valence-corrected chi connectivity index (χ0v) is 23.8. The molecule has 0 saturated carbocycles. The second-order valence-electron chi connectivity index (χ2n) is 8.88. The number of rotatable bonds is 10. The molecule has 0 saturated heterocycles. The molecule has 0 amide bonds. The molecule has 9 nitrogen and oxygen atoms in total. The first-order chi connectivity index (χ1) is 18.7. The van der Waals surface area contributed by atoms with Crippen molar-refractivity contribution < 1.29 is 28.5 Å². The molecule has 0 radical (unpaired) electrons. The summed E-state index contributed by atoms with van der Waals surface area (Å²) in [6, 6.07) is 9.26. The Hall–Kier alpha value is -3.53. The van der Waals surface area contributed by atoms with E-state index in [1.54, 1.807) is 17.9 Å². The van der Waals surface area contributed by atoms with Gasteiger partial charge in [0.25, 0.3) is 0 Å². The molecule has 2 heterocycles. The van der Waals surface area contributed by atoms with Crippen molar-refractivity contribution in [3.05, 3.63) is 68.6 Å². The Morgan fingerprint density at radius 1 is 1.00 bits per heavy atom. The number of esters is 2. The number of fused-ring (bicyclic) bond motifs is 1. The zero-order valence-electron chi connectivity index (χ0n) is 22.3. The number of benzene rings is 2. The van der Waals surface area contributed by atoms with Gasteiger partial charge in [0.15, 0.2) is 0 Å². The second kappa shape index (κ2) is 12.1. The van der Waals surface area contributed by atoms with Crippen molar-refractivity contribution in [3.8, 4) is 16.9 Å². The lowest BCUT2D eigenvalue weighted by molar-refractivity contribution is -0.140. The van der Waals surface area contributed by atoms with Gasteiger partial charge in [-0.25, -0.2) is 4.79 Å². The Kier molecular flexibility index (Phi) is 8.84. The van der Waals surface area contributed by atoms with E-state index in [1.807, 2.05) is 38.2 Å². The van der Waals surface area contributed by atoms with Gasteiger partial charge in [0.2, 0.25) is 0 Å². The summed E-state index contributed by atoms with van der Waals surface area (Å²) in [6.07, 6.45) is 0.264. The maximum absolute atomic E-state index is 12.7. The Morgan fingerprint density at radius 2 is 1.72 bits per heavy atom. The second-order valence-corrected chi connectivity index (χ2v) is 9.70. The van der Waals surface area contributed by atoms with Gasteiger partial charge < -0.3 is 23.9 Å². The summed E-state index contributed by atoms with van der Waals surface area (Å²) < 4.78 is 22.8. The summed E-state index contributed by atoms with van der Waals surface area (Å²) in [7, 11) is 6.06. The van der Waals surface area contributed by atoms with E-state index in [9.17, 15) is 9.59 Å². The minimum atomic E-state index is -0.588. The average Bonchev–Trinajstić information content (AvgIpc) is 3.45. The van der Waals surface area contributed by atoms with Crippen LogP contribution in [0.5, 0.6) is 5.75 Å². The molecule has 2 aromatic carbocycles. The van der Waals surface area contributed by atoms with Crippen LogP contribution < -0.4 is 4.74 Å². The summed E-state index contributed by atoms with van der Waals surface area (Å²) >= 11 is 13.5. The van der Waals surface area contributed by atoms with E-state index in [0.29, 0.717) is 44.4 Å². The van der Waals surface area contributed by atoms with Gasteiger partial charge in [-0.15, -0.1) is 0 Å². The molecule has 2 aromatic heterocycles. The molecule has 39 heavy (non-hydrogen) atoms. The molecular weight excluding hydrogens is 545 g/mol. The first-order valence-electron chi connectivity index (χ1n) is 12.1. The Bertz CT molecular complexity index is 1530. The van der Waals surface area contributed by atoms with Crippen LogP contribution in [0.4, 0.5) is 0 Å². The fourth-order valence-corrected chi connectivity index (χ4v) is 5.23. The van der Waals surface area contributed by atoms with Gasteiger partial charge in [-0.3, -0.25) is 9.48 Å². The largest absolute Gasteiger partial charge is 0.497 e. The van der Waals surface area contributed by atoms with E-state index in [2.05, 4.69) is 10.1 Å². The van der Waals surface area contributed by atoms with E-state index in [4.69, 9.17) is 42.1 Å². The van der Waals surface area contributed by atoms with Crippen LogP contribution >= 0.6 is 23.2 Å². The van der Waals surface area contributed by atoms with Crippen molar-refractivity contribution in [2.75, 3.05) is 21.3 Å². The van der Waals surface area contributed by atoms with Crippen molar-refractivity contribution in [2.45, 2.75) is 33.0 Å². The summed E-state index contributed by atoms with van der Waals surface area (Å²) in [5.41, 5.74) is 5.16. The van der Waals surface area contributed by atoms with E-state index in [1.165, 1.54) is 14.2 Å². The number of aromatic nitrogens is 3. The quantitative estimate of drug-likeness (QED) is 0.239. The highest BCUT2D eigenvalue weighted by atomic mass is 35.5. The molecule has 0 aliphatic rings. The SMILES string of the molecule is COC(=O)CCc1c(C(=O)OC)[nH]c2c(-c3c(COCc4ccc(OC)cc4)nn(C)c3C)c(Cl)cc(Cl)c12. The van der Waals surface area contributed by atoms with Crippen molar-refractivity contribution >= 4 is 46.0 Å². The zero-order chi connectivity index (χ0) is 28.3. The van der Waals surface area contributed by atoms with E-state index in [0.717, 1.165) is 22.6 Å². The Morgan fingerprint density at radius 3 is 2.36 bits per heavy atom. The van der Waals surface area contributed by atoms with Crippen molar-refractivity contribution in [2.24, 2.45) is 7.05 Å².